The lowest BCUT2D eigenvalue weighted by Gasteiger charge is -2.10. The molecule has 2 rings (SSSR count). The zero-order chi connectivity index (χ0) is 17.0. The Hall–Kier alpha value is -2.38. The second kappa shape index (κ2) is 6.80. The van der Waals surface area contributed by atoms with E-state index < -0.39 is 21.7 Å². The lowest BCUT2D eigenvalue weighted by atomic mass is 10.2. The third kappa shape index (κ3) is 4.30. The lowest BCUT2D eigenvalue weighted by molar-refractivity contribution is 0.0845. The predicted octanol–water partition coefficient (Wildman–Crippen LogP) is 1.82. The molecule has 8 heteroatoms. The molecule has 0 radical (unpaired) electrons. The van der Waals surface area contributed by atoms with Gasteiger partial charge in [-0.3, -0.25) is 20.4 Å². The summed E-state index contributed by atoms with van der Waals surface area (Å²) in [5.41, 5.74) is 4.66. The molecule has 2 N–H and O–H groups in total. The number of nitrogens with one attached hydrogen (secondary N) is 2. The molecular weight excluding hydrogens is 340 g/mol. The Morgan fingerprint density at radius 3 is 2.09 bits per heavy atom. The largest absolute Gasteiger partial charge is 0.271 e. The van der Waals surface area contributed by atoms with E-state index in [4.69, 9.17) is 11.6 Å². The molecule has 0 fully saturated rings. The number of rotatable bonds is 3. The van der Waals surface area contributed by atoms with Crippen LogP contribution < -0.4 is 10.9 Å². The molecule has 0 bridgehead atoms. The first-order valence-corrected chi connectivity index (χ1v) is 8.71. The van der Waals surface area contributed by atoms with Crippen LogP contribution in [-0.4, -0.2) is 26.5 Å². The molecule has 0 saturated heterocycles. The number of benzene rings is 2. The van der Waals surface area contributed by atoms with Crippen LogP contribution in [-0.2, 0) is 9.84 Å². The molecule has 120 valence electrons. The summed E-state index contributed by atoms with van der Waals surface area (Å²) in [7, 11) is -3.56. The van der Waals surface area contributed by atoms with Crippen LogP contribution in [0.1, 0.15) is 20.7 Å². The van der Waals surface area contributed by atoms with E-state index in [1.54, 1.807) is 0 Å². The molecule has 6 nitrogen and oxygen atoms in total. The number of carbonyl (C=O) groups is 2. The van der Waals surface area contributed by atoms with Gasteiger partial charge in [-0.2, -0.15) is 0 Å². The van der Waals surface area contributed by atoms with Gasteiger partial charge in [0.25, 0.3) is 11.8 Å². The fourth-order valence-electron chi connectivity index (χ4n) is 1.83. The summed E-state index contributed by atoms with van der Waals surface area (Å²) >= 11 is 5.73. The summed E-state index contributed by atoms with van der Waals surface area (Å²) in [5, 5.41) is 0.479. The van der Waals surface area contributed by atoms with Gasteiger partial charge in [-0.25, -0.2) is 8.42 Å². The van der Waals surface area contributed by atoms with E-state index in [-0.39, 0.29) is 10.5 Å². The van der Waals surface area contributed by atoms with E-state index in [1.165, 1.54) is 48.5 Å². The van der Waals surface area contributed by atoms with Crippen LogP contribution in [0.15, 0.2) is 53.4 Å². The first-order valence-electron chi connectivity index (χ1n) is 6.44. The number of hydrazine groups is 1. The minimum atomic E-state index is -3.56. The van der Waals surface area contributed by atoms with Crippen molar-refractivity contribution in [2.45, 2.75) is 4.90 Å². The van der Waals surface area contributed by atoms with E-state index in [2.05, 4.69) is 10.9 Å². The Morgan fingerprint density at radius 1 is 0.913 bits per heavy atom. The molecule has 0 aliphatic carbocycles. The summed E-state index contributed by atoms with van der Waals surface area (Å²) in [6.45, 7) is 0. The third-order valence-corrected chi connectivity index (χ3v) is 4.33. The minimum Gasteiger partial charge on any atom is -0.267 e. The molecule has 0 aliphatic heterocycles. The SMILES string of the molecule is CS(=O)(=O)c1ccccc1C(=O)NNC(=O)c1ccc(Cl)cc1. The van der Waals surface area contributed by atoms with Crippen LogP contribution in [0.4, 0.5) is 0 Å². The highest BCUT2D eigenvalue weighted by Gasteiger charge is 2.18. The van der Waals surface area contributed by atoms with Crippen LogP contribution >= 0.6 is 11.6 Å². The maximum atomic E-state index is 12.1. The van der Waals surface area contributed by atoms with E-state index in [0.717, 1.165) is 6.26 Å². The number of halogens is 1. The Bertz CT molecular complexity index is 848. The van der Waals surface area contributed by atoms with Crippen LogP contribution in [0.25, 0.3) is 0 Å². The highest BCUT2D eigenvalue weighted by molar-refractivity contribution is 7.90. The van der Waals surface area contributed by atoms with Crippen molar-refractivity contribution in [3.8, 4) is 0 Å². The first-order chi connectivity index (χ1) is 10.8. The van der Waals surface area contributed by atoms with Crippen LogP contribution in [0.5, 0.6) is 0 Å². The zero-order valence-electron chi connectivity index (χ0n) is 12.0. The summed E-state index contributed by atoms with van der Waals surface area (Å²) < 4.78 is 23.3. The standard InChI is InChI=1S/C15H13ClN2O4S/c1-23(21,22)13-5-3-2-4-12(13)15(20)18-17-14(19)10-6-8-11(16)9-7-10/h2-9H,1H3,(H,17,19)(H,18,20). The Morgan fingerprint density at radius 2 is 1.48 bits per heavy atom. The molecule has 0 saturated carbocycles. The third-order valence-electron chi connectivity index (χ3n) is 2.93. The van der Waals surface area contributed by atoms with Gasteiger partial charge in [-0.15, -0.1) is 0 Å². The average molecular weight is 353 g/mol. The molecular formula is C15H13ClN2O4S. The highest BCUT2D eigenvalue weighted by atomic mass is 35.5. The first kappa shape index (κ1) is 17.0. The topological polar surface area (TPSA) is 92.3 Å². The molecule has 0 aromatic heterocycles. The molecule has 2 amide bonds. The number of hydrogen-bond acceptors (Lipinski definition) is 4. The van der Waals surface area contributed by atoms with E-state index in [9.17, 15) is 18.0 Å². The van der Waals surface area contributed by atoms with Crippen molar-refractivity contribution in [3.05, 3.63) is 64.7 Å². The highest BCUT2D eigenvalue weighted by Crippen LogP contribution is 2.15. The number of carbonyl (C=O) groups excluding carboxylic acids is 2. The molecule has 0 aliphatic rings. The molecule has 0 heterocycles. The van der Waals surface area contributed by atoms with Crippen LogP contribution in [0.3, 0.4) is 0 Å². The Kier molecular flexibility index (Phi) is 5.02. The number of sulfone groups is 1. The van der Waals surface area contributed by atoms with Crippen molar-refractivity contribution in [2.24, 2.45) is 0 Å². The summed E-state index contributed by atoms with van der Waals surface area (Å²) in [5.74, 6) is -1.28. The van der Waals surface area contributed by atoms with E-state index in [0.29, 0.717) is 10.6 Å². The molecule has 0 unspecified atom stereocenters. The molecule has 2 aromatic carbocycles. The van der Waals surface area contributed by atoms with Gasteiger partial charge in [0.15, 0.2) is 9.84 Å². The maximum absolute atomic E-state index is 12.1. The molecule has 0 atom stereocenters. The van der Waals surface area contributed by atoms with Crippen LogP contribution in [0.2, 0.25) is 5.02 Å². The quantitative estimate of drug-likeness (QED) is 0.824. The second-order valence-corrected chi connectivity index (χ2v) is 7.10. The fraction of sp³-hybridized carbons (Fsp3) is 0.0667. The smallest absolute Gasteiger partial charge is 0.267 e. The number of hydrogen-bond donors (Lipinski definition) is 2. The van der Waals surface area contributed by atoms with Gasteiger partial charge in [0, 0.05) is 16.8 Å². The fourth-order valence-corrected chi connectivity index (χ4v) is 2.84. The Balaban J connectivity index is 2.12. The van der Waals surface area contributed by atoms with Gasteiger partial charge in [-0.05, 0) is 36.4 Å². The number of amides is 2. The predicted molar refractivity (Wildman–Crippen MR) is 85.9 cm³/mol. The molecule has 23 heavy (non-hydrogen) atoms. The van der Waals surface area contributed by atoms with Gasteiger partial charge in [0.2, 0.25) is 0 Å². The van der Waals surface area contributed by atoms with Gasteiger partial charge in [0.1, 0.15) is 0 Å². The van der Waals surface area contributed by atoms with Gasteiger partial charge >= 0.3 is 0 Å². The summed E-state index contributed by atoms with van der Waals surface area (Å²) in [6, 6.07) is 11.8. The van der Waals surface area contributed by atoms with Crippen molar-refractivity contribution in [3.63, 3.8) is 0 Å². The van der Waals surface area contributed by atoms with Gasteiger partial charge < -0.3 is 0 Å². The van der Waals surface area contributed by atoms with Crippen molar-refractivity contribution in [1.82, 2.24) is 10.9 Å². The maximum Gasteiger partial charge on any atom is 0.271 e. The molecule has 0 spiro atoms. The van der Waals surface area contributed by atoms with Crippen molar-refractivity contribution in [1.29, 1.82) is 0 Å². The average Bonchev–Trinajstić information content (AvgIpc) is 2.52. The minimum absolute atomic E-state index is 0.0496. The van der Waals surface area contributed by atoms with Crippen LogP contribution in [0, 0.1) is 0 Å². The van der Waals surface area contributed by atoms with Crippen molar-refractivity contribution >= 4 is 33.3 Å². The lowest BCUT2D eigenvalue weighted by Crippen LogP contribution is -2.42. The van der Waals surface area contributed by atoms with E-state index >= 15 is 0 Å². The molecule has 2 aromatic rings. The van der Waals surface area contributed by atoms with Crippen molar-refractivity contribution in [2.75, 3.05) is 6.26 Å². The van der Waals surface area contributed by atoms with E-state index in [1.807, 2.05) is 0 Å². The Labute approximate surface area is 138 Å². The second-order valence-electron chi connectivity index (χ2n) is 4.68. The summed E-state index contributed by atoms with van der Waals surface area (Å²) in [6.07, 6.45) is 1.01. The zero-order valence-corrected chi connectivity index (χ0v) is 13.6. The van der Waals surface area contributed by atoms with Gasteiger partial charge in [-0.1, -0.05) is 23.7 Å². The normalized spacial score (nSPS) is 10.9. The monoisotopic (exact) mass is 352 g/mol. The van der Waals surface area contributed by atoms with Gasteiger partial charge in [0.05, 0.1) is 10.5 Å². The van der Waals surface area contributed by atoms with Crippen molar-refractivity contribution < 1.29 is 18.0 Å². The summed E-state index contributed by atoms with van der Waals surface area (Å²) in [4.78, 5) is 23.9.